The maximum absolute atomic E-state index is 11.3. The third-order valence-electron chi connectivity index (χ3n) is 2.91. The van der Waals surface area contributed by atoms with Crippen LogP contribution in [0.4, 0.5) is 0 Å². The Hall–Kier alpha value is -1.35. The average molecular weight is 263 g/mol. The topological polar surface area (TPSA) is 38.3 Å². The summed E-state index contributed by atoms with van der Waals surface area (Å²) in [6, 6.07) is 8.35. The number of hydrogen-bond acceptors (Lipinski definition) is 3. The summed E-state index contributed by atoms with van der Waals surface area (Å²) >= 11 is 0. The summed E-state index contributed by atoms with van der Waals surface area (Å²) in [5.74, 6) is 0.278. The number of rotatable bonds is 8. The van der Waals surface area contributed by atoms with Crippen LogP contribution in [-0.2, 0) is 16.1 Å². The molecule has 0 heterocycles. The van der Waals surface area contributed by atoms with Gasteiger partial charge >= 0.3 is 5.97 Å². The van der Waals surface area contributed by atoms with E-state index >= 15 is 0 Å². The molecular weight excluding hydrogens is 238 g/mol. The van der Waals surface area contributed by atoms with Gasteiger partial charge in [0.1, 0.15) is 0 Å². The number of nitrogens with one attached hydrogen (secondary N) is 1. The summed E-state index contributed by atoms with van der Waals surface area (Å²) in [6.07, 6.45) is 1.37. The van der Waals surface area contributed by atoms with E-state index in [4.69, 9.17) is 4.74 Å². The molecule has 0 aliphatic rings. The van der Waals surface area contributed by atoms with Crippen LogP contribution in [0.2, 0.25) is 0 Å². The molecule has 0 aliphatic heterocycles. The van der Waals surface area contributed by atoms with E-state index in [1.165, 1.54) is 11.1 Å². The van der Waals surface area contributed by atoms with Crippen molar-refractivity contribution in [2.75, 3.05) is 13.2 Å². The van der Waals surface area contributed by atoms with Gasteiger partial charge in [0, 0.05) is 13.0 Å². The van der Waals surface area contributed by atoms with E-state index in [-0.39, 0.29) is 5.97 Å². The van der Waals surface area contributed by atoms with Crippen LogP contribution in [0.1, 0.15) is 37.8 Å². The Morgan fingerprint density at radius 1 is 1.32 bits per heavy atom. The second kappa shape index (κ2) is 8.70. The van der Waals surface area contributed by atoms with Crippen LogP contribution in [0.25, 0.3) is 0 Å². The molecule has 1 rings (SSSR count). The Kier molecular flexibility index (Phi) is 7.19. The van der Waals surface area contributed by atoms with Gasteiger partial charge in [-0.1, -0.05) is 38.1 Å². The van der Waals surface area contributed by atoms with Crippen LogP contribution in [0, 0.1) is 12.8 Å². The fourth-order valence-corrected chi connectivity index (χ4v) is 1.81. The maximum atomic E-state index is 11.3. The normalized spacial score (nSPS) is 10.7. The third-order valence-corrected chi connectivity index (χ3v) is 2.91. The number of esters is 1. The summed E-state index contributed by atoms with van der Waals surface area (Å²) < 4.78 is 5.15. The molecule has 3 heteroatoms. The van der Waals surface area contributed by atoms with Crippen LogP contribution >= 0.6 is 0 Å². The molecule has 0 saturated carbocycles. The molecule has 19 heavy (non-hydrogen) atoms. The summed E-state index contributed by atoms with van der Waals surface area (Å²) in [6.45, 7) is 8.39. The van der Waals surface area contributed by atoms with E-state index in [0.717, 1.165) is 19.5 Å². The maximum Gasteiger partial charge on any atom is 0.306 e. The van der Waals surface area contributed by atoms with Gasteiger partial charge in [-0.2, -0.15) is 0 Å². The van der Waals surface area contributed by atoms with E-state index in [9.17, 15) is 4.79 Å². The van der Waals surface area contributed by atoms with Crippen molar-refractivity contribution < 1.29 is 9.53 Å². The predicted molar refractivity (Wildman–Crippen MR) is 77.9 cm³/mol. The number of ether oxygens (including phenoxy) is 1. The summed E-state index contributed by atoms with van der Waals surface area (Å²) in [4.78, 5) is 11.3. The zero-order valence-corrected chi connectivity index (χ0v) is 12.2. The monoisotopic (exact) mass is 263 g/mol. The molecule has 0 atom stereocenters. The van der Waals surface area contributed by atoms with Crippen LogP contribution < -0.4 is 5.32 Å². The van der Waals surface area contributed by atoms with Gasteiger partial charge in [0.05, 0.1) is 6.61 Å². The van der Waals surface area contributed by atoms with Crippen LogP contribution in [0.15, 0.2) is 24.3 Å². The summed E-state index contributed by atoms with van der Waals surface area (Å²) in [5, 5.41) is 3.37. The van der Waals surface area contributed by atoms with Crippen LogP contribution in [0.5, 0.6) is 0 Å². The van der Waals surface area contributed by atoms with Gasteiger partial charge in [0.15, 0.2) is 0 Å². The number of carbonyl (C=O) groups is 1. The Morgan fingerprint density at radius 2 is 2.05 bits per heavy atom. The summed E-state index contributed by atoms with van der Waals surface area (Å²) in [5.41, 5.74) is 2.62. The van der Waals surface area contributed by atoms with Gasteiger partial charge in [0.2, 0.25) is 0 Å². The molecule has 0 amide bonds. The standard InChI is InChI=1S/C16H25NO2/c1-13(2)11-16(18)19-10-6-9-17-12-15-8-5-4-7-14(15)3/h4-5,7-8,13,17H,6,9-12H2,1-3H3. The first-order valence-electron chi connectivity index (χ1n) is 7.00. The molecule has 0 bridgehead atoms. The number of carbonyl (C=O) groups excluding carboxylic acids is 1. The molecule has 0 radical (unpaired) electrons. The highest BCUT2D eigenvalue weighted by Gasteiger charge is 2.05. The largest absolute Gasteiger partial charge is 0.466 e. The van der Waals surface area contributed by atoms with Crippen molar-refractivity contribution in [1.82, 2.24) is 5.32 Å². The SMILES string of the molecule is Cc1ccccc1CNCCCOC(=O)CC(C)C. The van der Waals surface area contributed by atoms with Crippen LogP contribution in [0.3, 0.4) is 0 Å². The number of aryl methyl sites for hydroxylation is 1. The molecular formula is C16H25NO2. The highest BCUT2D eigenvalue weighted by Crippen LogP contribution is 2.06. The Balaban J connectivity index is 2.06. The minimum atomic E-state index is -0.0890. The first-order valence-corrected chi connectivity index (χ1v) is 7.00. The van der Waals surface area contributed by atoms with E-state index in [1.807, 2.05) is 19.9 Å². The molecule has 1 aromatic carbocycles. The lowest BCUT2D eigenvalue weighted by atomic mass is 10.1. The fourth-order valence-electron chi connectivity index (χ4n) is 1.81. The third kappa shape index (κ3) is 6.97. The van der Waals surface area contributed by atoms with E-state index in [2.05, 4.69) is 30.4 Å². The molecule has 0 unspecified atom stereocenters. The molecule has 106 valence electrons. The van der Waals surface area contributed by atoms with E-state index in [0.29, 0.717) is 18.9 Å². The highest BCUT2D eigenvalue weighted by atomic mass is 16.5. The van der Waals surface area contributed by atoms with Gasteiger partial charge in [-0.25, -0.2) is 0 Å². The second-order valence-corrected chi connectivity index (χ2v) is 5.28. The first kappa shape index (κ1) is 15.7. The highest BCUT2D eigenvalue weighted by molar-refractivity contribution is 5.69. The predicted octanol–water partition coefficient (Wildman–Crippen LogP) is 3.06. The van der Waals surface area contributed by atoms with Crippen molar-refractivity contribution in [3.05, 3.63) is 35.4 Å². The lowest BCUT2D eigenvalue weighted by Gasteiger charge is -2.09. The minimum Gasteiger partial charge on any atom is -0.466 e. The Bertz CT molecular complexity index is 388. The Morgan fingerprint density at radius 3 is 2.74 bits per heavy atom. The van der Waals surface area contributed by atoms with E-state index < -0.39 is 0 Å². The molecule has 1 aromatic rings. The van der Waals surface area contributed by atoms with Crippen molar-refractivity contribution in [3.63, 3.8) is 0 Å². The van der Waals surface area contributed by atoms with Crippen LogP contribution in [-0.4, -0.2) is 19.1 Å². The van der Waals surface area contributed by atoms with Crippen molar-refractivity contribution >= 4 is 5.97 Å². The molecule has 0 aromatic heterocycles. The minimum absolute atomic E-state index is 0.0890. The molecule has 0 saturated heterocycles. The zero-order chi connectivity index (χ0) is 14.1. The first-order chi connectivity index (χ1) is 9.09. The number of hydrogen-bond donors (Lipinski definition) is 1. The van der Waals surface area contributed by atoms with Crippen molar-refractivity contribution in [1.29, 1.82) is 0 Å². The van der Waals surface area contributed by atoms with Crippen molar-refractivity contribution in [3.8, 4) is 0 Å². The second-order valence-electron chi connectivity index (χ2n) is 5.28. The zero-order valence-electron chi connectivity index (χ0n) is 12.2. The van der Waals surface area contributed by atoms with Gasteiger partial charge in [-0.05, 0) is 36.9 Å². The van der Waals surface area contributed by atoms with Gasteiger partial charge in [-0.15, -0.1) is 0 Å². The molecule has 1 N–H and O–H groups in total. The molecule has 0 aliphatic carbocycles. The quantitative estimate of drug-likeness (QED) is 0.578. The van der Waals surface area contributed by atoms with Gasteiger partial charge < -0.3 is 10.1 Å². The number of benzene rings is 1. The average Bonchev–Trinajstić information content (AvgIpc) is 2.34. The van der Waals surface area contributed by atoms with E-state index in [1.54, 1.807) is 0 Å². The molecule has 0 fully saturated rings. The van der Waals surface area contributed by atoms with Gasteiger partial charge in [-0.3, -0.25) is 4.79 Å². The van der Waals surface area contributed by atoms with Crippen molar-refractivity contribution in [2.24, 2.45) is 5.92 Å². The molecule has 0 spiro atoms. The summed E-state index contributed by atoms with van der Waals surface area (Å²) in [7, 11) is 0. The fraction of sp³-hybridized carbons (Fsp3) is 0.562. The molecule has 3 nitrogen and oxygen atoms in total. The van der Waals surface area contributed by atoms with Gasteiger partial charge in [0.25, 0.3) is 0 Å². The smallest absolute Gasteiger partial charge is 0.306 e. The Labute approximate surface area is 116 Å². The van der Waals surface area contributed by atoms with Crippen molar-refractivity contribution in [2.45, 2.75) is 40.2 Å². The lowest BCUT2D eigenvalue weighted by Crippen LogP contribution is -2.18. The lowest BCUT2D eigenvalue weighted by molar-refractivity contribution is -0.144.